The second kappa shape index (κ2) is 6.43. The molecule has 0 spiro atoms. The van der Waals surface area contributed by atoms with Crippen molar-refractivity contribution in [2.24, 2.45) is 0 Å². The third kappa shape index (κ3) is 3.53. The van der Waals surface area contributed by atoms with Gasteiger partial charge in [0.25, 0.3) is 0 Å². The highest BCUT2D eigenvalue weighted by atomic mass is 16.5. The first kappa shape index (κ1) is 14.3. The molecule has 1 aromatic heterocycles. The molecule has 3 rings (SSSR count). The lowest BCUT2D eigenvalue weighted by molar-refractivity contribution is 0.0820. The third-order valence-electron chi connectivity index (χ3n) is 4.00. The summed E-state index contributed by atoms with van der Waals surface area (Å²) in [6.45, 7) is 6.56. The Morgan fingerprint density at radius 2 is 1.62 bits per heavy atom. The van der Waals surface area contributed by atoms with Crippen molar-refractivity contribution in [1.29, 1.82) is 0 Å². The van der Waals surface area contributed by atoms with Crippen molar-refractivity contribution >= 4 is 17.8 Å². The maximum atomic E-state index is 5.90. The lowest BCUT2D eigenvalue weighted by Gasteiger charge is -2.28. The average molecular weight is 292 g/mol. The van der Waals surface area contributed by atoms with Gasteiger partial charge in [0, 0.05) is 32.8 Å². The SMILES string of the molecule is CC1CN(c2nc(N)nc(N3CCCCC3)n2)CCCO1. The van der Waals surface area contributed by atoms with E-state index in [1.165, 1.54) is 19.3 Å². The molecule has 2 N–H and O–H groups in total. The minimum absolute atomic E-state index is 0.184. The number of nitrogen functional groups attached to an aromatic ring is 1. The van der Waals surface area contributed by atoms with E-state index in [0.29, 0.717) is 11.9 Å². The maximum absolute atomic E-state index is 5.90. The summed E-state index contributed by atoms with van der Waals surface area (Å²) in [5, 5.41) is 0. The van der Waals surface area contributed by atoms with E-state index < -0.39 is 0 Å². The fourth-order valence-electron chi connectivity index (χ4n) is 2.92. The fourth-order valence-corrected chi connectivity index (χ4v) is 2.92. The van der Waals surface area contributed by atoms with E-state index in [1.54, 1.807) is 0 Å². The van der Waals surface area contributed by atoms with Gasteiger partial charge in [0.1, 0.15) is 0 Å². The Hall–Kier alpha value is -1.63. The molecule has 0 saturated carbocycles. The van der Waals surface area contributed by atoms with Gasteiger partial charge in [0.2, 0.25) is 17.8 Å². The molecule has 2 aliphatic rings. The summed E-state index contributed by atoms with van der Waals surface area (Å²) in [5.41, 5.74) is 5.90. The van der Waals surface area contributed by atoms with Gasteiger partial charge in [0.15, 0.2) is 0 Å². The van der Waals surface area contributed by atoms with Crippen LogP contribution in [-0.4, -0.2) is 53.8 Å². The van der Waals surface area contributed by atoms with E-state index in [2.05, 4.69) is 31.7 Å². The van der Waals surface area contributed by atoms with Crippen LogP contribution in [0.1, 0.15) is 32.6 Å². The molecule has 7 heteroatoms. The van der Waals surface area contributed by atoms with Crippen LogP contribution in [0.3, 0.4) is 0 Å². The van der Waals surface area contributed by atoms with Gasteiger partial charge in [-0.25, -0.2) is 0 Å². The number of rotatable bonds is 2. The number of anilines is 3. The molecule has 2 fully saturated rings. The molecule has 0 aromatic carbocycles. The Labute approximate surface area is 125 Å². The van der Waals surface area contributed by atoms with Gasteiger partial charge in [0.05, 0.1) is 6.10 Å². The Morgan fingerprint density at radius 3 is 2.38 bits per heavy atom. The van der Waals surface area contributed by atoms with Crippen molar-refractivity contribution in [2.45, 2.75) is 38.7 Å². The van der Waals surface area contributed by atoms with Crippen LogP contribution < -0.4 is 15.5 Å². The van der Waals surface area contributed by atoms with E-state index in [-0.39, 0.29) is 6.10 Å². The minimum Gasteiger partial charge on any atom is -0.377 e. The van der Waals surface area contributed by atoms with E-state index in [0.717, 1.165) is 45.2 Å². The first-order valence-corrected chi connectivity index (χ1v) is 7.85. The molecule has 2 saturated heterocycles. The molecule has 7 nitrogen and oxygen atoms in total. The number of hydrogen-bond donors (Lipinski definition) is 1. The van der Waals surface area contributed by atoms with Crippen LogP contribution in [0, 0.1) is 0 Å². The molecule has 0 amide bonds. The highest BCUT2D eigenvalue weighted by Crippen LogP contribution is 2.20. The predicted molar refractivity (Wildman–Crippen MR) is 82.5 cm³/mol. The molecule has 1 unspecified atom stereocenters. The van der Waals surface area contributed by atoms with E-state index in [1.807, 2.05) is 0 Å². The number of nitrogens with two attached hydrogens (primary N) is 1. The van der Waals surface area contributed by atoms with Crippen LogP contribution in [-0.2, 0) is 4.74 Å². The zero-order valence-electron chi connectivity index (χ0n) is 12.7. The summed E-state index contributed by atoms with van der Waals surface area (Å²) in [7, 11) is 0. The molecule has 21 heavy (non-hydrogen) atoms. The Morgan fingerprint density at radius 1 is 0.952 bits per heavy atom. The smallest absolute Gasteiger partial charge is 0.232 e. The minimum atomic E-state index is 0.184. The summed E-state index contributed by atoms with van der Waals surface area (Å²) in [6, 6.07) is 0. The van der Waals surface area contributed by atoms with Gasteiger partial charge in [-0.2, -0.15) is 15.0 Å². The zero-order chi connectivity index (χ0) is 14.7. The Balaban J connectivity index is 1.82. The van der Waals surface area contributed by atoms with Crippen LogP contribution in [0.4, 0.5) is 17.8 Å². The highest BCUT2D eigenvalue weighted by Gasteiger charge is 2.21. The van der Waals surface area contributed by atoms with Crippen LogP contribution in [0.5, 0.6) is 0 Å². The maximum Gasteiger partial charge on any atom is 0.232 e. The number of nitrogens with zero attached hydrogens (tertiary/aromatic N) is 5. The van der Waals surface area contributed by atoms with E-state index in [9.17, 15) is 0 Å². The van der Waals surface area contributed by atoms with Crippen molar-refractivity contribution in [2.75, 3.05) is 48.3 Å². The van der Waals surface area contributed by atoms with Gasteiger partial charge in [-0.05, 0) is 32.6 Å². The summed E-state index contributed by atoms with van der Waals surface area (Å²) < 4.78 is 5.68. The van der Waals surface area contributed by atoms with Crippen molar-refractivity contribution in [3.05, 3.63) is 0 Å². The molecular weight excluding hydrogens is 268 g/mol. The van der Waals surface area contributed by atoms with Crippen LogP contribution >= 0.6 is 0 Å². The summed E-state index contributed by atoms with van der Waals surface area (Å²) >= 11 is 0. The topological polar surface area (TPSA) is 80.4 Å². The average Bonchev–Trinajstić information content (AvgIpc) is 2.72. The highest BCUT2D eigenvalue weighted by molar-refractivity contribution is 5.44. The Kier molecular flexibility index (Phi) is 4.38. The summed E-state index contributed by atoms with van der Waals surface area (Å²) in [4.78, 5) is 17.7. The van der Waals surface area contributed by atoms with Gasteiger partial charge in [-0.15, -0.1) is 0 Å². The summed E-state index contributed by atoms with van der Waals surface area (Å²) in [5.74, 6) is 1.70. The van der Waals surface area contributed by atoms with Crippen LogP contribution in [0.15, 0.2) is 0 Å². The van der Waals surface area contributed by atoms with Crippen molar-refractivity contribution < 1.29 is 4.74 Å². The largest absolute Gasteiger partial charge is 0.377 e. The fraction of sp³-hybridized carbons (Fsp3) is 0.786. The molecule has 0 radical (unpaired) electrons. The van der Waals surface area contributed by atoms with E-state index >= 15 is 0 Å². The lowest BCUT2D eigenvalue weighted by atomic mass is 10.1. The zero-order valence-corrected chi connectivity index (χ0v) is 12.7. The van der Waals surface area contributed by atoms with Crippen molar-refractivity contribution in [3.8, 4) is 0 Å². The second-order valence-electron chi connectivity index (χ2n) is 5.82. The van der Waals surface area contributed by atoms with Gasteiger partial charge in [-0.1, -0.05) is 0 Å². The Bertz CT molecular complexity index is 477. The summed E-state index contributed by atoms with van der Waals surface area (Å²) in [6.07, 6.45) is 4.83. The molecule has 116 valence electrons. The molecule has 1 aromatic rings. The van der Waals surface area contributed by atoms with Crippen molar-refractivity contribution in [1.82, 2.24) is 15.0 Å². The predicted octanol–water partition coefficient (Wildman–Crippen LogP) is 1.06. The first-order chi connectivity index (χ1) is 10.2. The van der Waals surface area contributed by atoms with E-state index in [4.69, 9.17) is 10.5 Å². The number of hydrogen-bond acceptors (Lipinski definition) is 7. The molecule has 3 heterocycles. The van der Waals surface area contributed by atoms with Crippen LogP contribution in [0.2, 0.25) is 0 Å². The molecule has 2 aliphatic heterocycles. The van der Waals surface area contributed by atoms with Gasteiger partial charge in [-0.3, -0.25) is 0 Å². The second-order valence-corrected chi connectivity index (χ2v) is 5.82. The monoisotopic (exact) mass is 292 g/mol. The molecule has 0 aliphatic carbocycles. The number of aromatic nitrogens is 3. The standard InChI is InChI=1S/C14H24N6O/c1-11-10-20(8-5-9-21-11)14-17-12(15)16-13(18-14)19-6-3-2-4-7-19/h11H,2-10H2,1H3,(H2,15,16,17,18). The number of ether oxygens (including phenoxy) is 1. The van der Waals surface area contributed by atoms with Gasteiger partial charge >= 0.3 is 0 Å². The number of piperidine rings is 1. The van der Waals surface area contributed by atoms with Crippen LogP contribution in [0.25, 0.3) is 0 Å². The lowest BCUT2D eigenvalue weighted by Crippen LogP contribution is -2.34. The molecule has 0 bridgehead atoms. The first-order valence-electron chi connectivity index (χ1n) is 7.85. The quantitative estimate of drug-likeness (QED) is 0.873. The third-order valence-corrected chi connectivity index (χ3v) is 4.00. The molecular formula is C14H24N6O. The van der Waals surface area contributed by atoms with Crippen molar-refractivity contribution in [3.63, 3.8) is 0 Å². The van der Waals surface area contributed by atoms with Gasteiger partial charge < -0.3 is 20.3 Å². The molecule has 1 atom stereocenters. The normalized spacial score (nSPS) is 24.0.